The number of hydrogen-bond acceptors (Lipinski definition) is 5. The van der Waals surface area contributed by atoms with Crippen LogP contribution in [0.1, 0.15) is 0 Å². The molecule has 1 aromatic carbocycles. The van der Waals surface area contributed by atoms with E-state index in [0.717, 1.165) is 0 Å². The first-order chi connectivity index (χ1) is 8.99. The van der Waals surface area contributed by atoms with Gasteiger partial charge in [0.25, 0.3) is 0 Å². The maximum Gasteiger partial charge on any atom is 0.307 e. The quantitative estimate of drug-likeness (QED) is 0.681. The number of nitro groups is 1. The highest BCUT2D eigenvalue weighted by Crippen LogP contribution is 2.31. The van der Waals surface area contributed by atoms with Gasteiger partial charge in [0.15, 0.2) is 17.3 Å². The molecule has 0 aliphatic carbocycles. The number of hydrogen-bond donors (Lipinski definition) is 1. The molecule has 0 saturated carbocycles. The SMILES string of the molecule is Nc1cnccc1Oc1cc(F)c([N+](=O)[O-])cc1F. The second-order valence-corrected chi connectivity index (χ2v) is 3.51. The summed E-state index contributed by atoms with van der Waals surface area (Å²) in [7, 11) is 0. The Balaban J connectivity index is 2.39. The van der Waals surface area contributed by atoms with Gasteiger partial charge in [0.2, 0.25) is 5.82 Å². The molecular weight excluding hydrogens is 260 g/mol. The first-order valence-electron chi connectivity index (χ1n) is 5.00. The number of nitrogens with two attached hydrogens (primary N) is 1. The van der Waals surface area contributed by atoms with Crippen molar-refractivity contribution >= 4 is 11.4 Å². The largest absolute Gasteiger partial charge is 0.452 e. The van der Waals surface area contributed by atoms with Crippen LogP contribution in [-0.4, -0.2) is 9.91 Å². The third-order valence-corrected chi connectivity index (χ3v) is 2.23. The van der Waals surface area contributed by atoms with Crippen LogP contribution in [-0.2, 0) is 0 Å². The molecule has 0 spiro atoms. The van der Waals surface area contributed by atoms with E-state index in [1.54, 1.807) is 0 Å². The number of rotatable bonds is 3. The molecule has 0 amide bonds. The van der Waals surface area contributed by atoms with Crippen molar-refractivity contribution < 1.29 is 18.4 Å². The fraction of sp³-hybridized carbons (Fsp3) is 0. The van der Waals surface area contributed by atoms with Crippen molar-refractivity contribution in [2.75, 3.05) is 5.73 Å². The summed E-state index contributed by atoms with van der Waals surface area (Å²) in [5.41, 5.74) is 4.68. The minimum atomic E-state index is -1.20. The zero-order chi connectivity index (χ0) is 14.0. The van der Waals surface area contributed by atoms with Crippen LogP contribution in [0, 0.1) is 21.7 Å². The molecule has 1 aromatic heterocycles. The lowest BCUT2D eigenvalue weighted by Crippen LogP contribution is -1.98. The lowest BCUT2D eigenvalue weighted by atomic mass is 10.2. The molecule has 0 bridgehead atoms. The highest BCUT2D eigenvalue weighted by molar-refractivity contribution is 5.52. The van der Waals surface area contributed by atoms with E-state index in [4.69, 9.17) is 10.5 Å². The molecule has 19 heavy (non-hydrogen) atoms. The second-order valence-electron chi connectivity index (χ2n) is 3.51. The normalized spacial score (nSPS) is 10.2. The van der Waals surface area contributed by atoms with Gasteiger partial charge in [0.05, 0.1) is 22.9 Å². The van der Waals surface area contributed by atoms with Crippen LogP contribution in [0.3, 0.4) is 0 Å². The van der Waals surface area contributed by atoms with Gasteiger partial charge in [-0.3, -0.25) is 15.1 Å². The summed E-state index contributed by atoms with van der Waals surface area (Å²) in [4.78, 5) is 13.1. The number of ether oxygens (including phenoxy) is 1. The summed E-state index contributed by atoms with van der Waals surface area (Å²) in [5.74, 6) is -2.69. The topological polar surface area (TPSA) is 91.3 Å². The van der Waals surface area contributed by atoms with E-state index in [1.165, 1.54) is 18.5 Å². The van der Waals surface area contributed by atoms with Crippen LogP contribution >= 0.6 is 0 Å². The monoisotopic (exact) mass is 267 g/mol. The molecule has 0 saturated heterocycles. The van der Waals surface area contributed by atoms with Crippen molar-refractivity contribution in [3.05, 3.63) is 52.3 Å². The Bertz CT molecular complexity index is 649. The predicted molar refractivity (Wildman–Crippen MR) is 61.7 cm³/mol. The minimum absolute atomic E-state index is 0.0714. The summed E-state index contributed by atoms with van der Waals surface area (Å²) < 4.78 is 32.0. The molecule has 0 aliphatic rings. The van der Waals surface area contributed by atoms with Crippen molar-refractivity contribution in [1.82, 2.24) is 4.98 Å². The molecular formula is C11H7F2N3O3. The van der Waals surface area contributed by atoms with Crippen molar-refractivity contribution in [1.29, 1.82) is 0 Å². The summed E-state index contributed by atoms with van der Waals surface area (Å²) in [6.07, 6.45) is 2.63. The molecule has 8 heteroatoms. The zero-order valence-electron chi connectivity index (χ0n) is 9.34. The Morgan fingerprint density at radius 3 is 2.63 bits per heavy atom. The van der Waals surface area contributed by atoms with Gasteiger partial charge in [-0.25, -0.2) is 4.39 Å². The Hall–Kier alpha value is -2.77. The highest BCUT2D eigenvalue weighted by Gasteiger charge is 2.20. The predicted octanol–water partition coefficient (Wildman–Crippen LogP) is 2.64. The van der Waals surface area contributed by atoms with E-state index in [0.29, 0.717) is 12.1 Å². The molecule has 0 unspecified atom stereocenters. The van der Waals surface area contributed by atoms with Crippen LogP contribution in [0.15, 0.2) is 30.6 Å². The van der Waals surface area contributed by atoms with Gasteiger partial charge in [0.1, 0.15) is 0 Å². The van der Waals surface area contributed by atoms with E-state index < -0.39 is 28.0 Å². The smallest absolute Gasteiger partial charge is 0.307 e. The van der Waals surface area contributed by atoms with Gasteiger partial charge in [-0.2, -0.15) is 4.39 Å². The Kier molecular flexibility index (Phi) is 3.23. The number of aromatic nitrogens is 1. The van der Waals surface area contributed by atoms with Crippen molar-refractivity contribution in [2.45, 2.75) is 0 Å². The molecule has 6 nitrogen and oxygen atoms in total. The number of benzene rings is 1. The average Bonchev–Trinajstić information content (AvgIpc) is 2.35. The van der Waals surface area contributed by atoms with Gasteiger partial charge >= 0.3 is 5.69 Å². The number of pyridine rings is 1. The highest BCUT2D eigenvalue weighted by atomic mass is 19.1. The van der Waals surface area contributed by atoms with Crippen LogP contribution in [0.2, 0.25) is 0 Å². The van der Waals surface area contributed by atoms with Crippen molar-refractivity contribution in [2.24, 2.45) is 0 Å². The van der Waals surface area contributed by atoms with Gasteiger partial charge in [-0.15, -0.1) is 0 Å². The van der Waals surface area contributed by atoms with Gasteiger partial charge in [-0.1, -0.05) is 0 Å². The summed E-state index contributed by atoms with van der Waals surface area (Å²) in [6, 6.07) is 2.39. The van der Waals surface area contributed by atoms with Crippen LogP contribution in [0.25, 0.3) is 0 Å². The third-order valence-electron chi connectivity index (χ3n) is 2.23. The lowest BCUT2D eigenvalue weighted by Gasteiger charge is -2.08. The molecule has 98 valence electrons. The van der Waals surface area contributed by atoms with Crippen molar-refractivity contribution in [3.8, 4) is 11.5 Å². The molecule has 1 heterocycles. The van der Waals surface area contributed by atoms with Crippen molar-refractivity contribution in [3.63, 3.8) is 0 Å². The Morgan fingerprint density at radius 2 is 2.00 bits per heavy atom. The van der Waals surface area contributed by atoms with Crippen LogP contribution in [0.5, 0.6) is 11.5 Å². The number of nitrogens with zero attached hydrogens (tertiary/aromatic N) is 2. The summed E-state index contributed by atoms with van der Waals surface area (Å²) in [6.45, 7) is 0. The standard InChI is InChI=1S/C11H7F2N3O3/c12-6-4-11(7(13)3-9(6)16(17)18)19-10-1-2-15-5-8(10)14/h1-5H,14H2. The van der Waals surface area contributed by atoms with E-state index in [1.807, 2.05) is 0 Å². The lowest BCUT2D eigenvalue weighted by molar-refractivity contribution is -0.387. The fourth-order valence-electron chi connectivity index (χ4n) is 1.34. The zero-order valence-corrected chi connectivity index (χ0v) is 9.34. The van der Waals surface area contributed by atoms with Gasteiger partial charge in [0, 0.05) is 18.3 Å². The average molecular weight is 267 g/mol. The molecule has 0 fully saturated rings. The maximum absolute atomic E-state index is 13.6. The van der Waals surface area contributed by atoms with Crippen LogP contribution in [0.4, 0.5) is 20.2 Å². The molecule has 0 radical (unpaired) electrons. The number of nitrogen functional groups attached to an aromatic ring is 1. The summed E-state index contributed by atoms with van der Waals surface area (Å²) in [5, 5.41) is 10.4. The first-order valence-corrected chi connectivity index (χ1v) is 5.00. The van der Waals surface area contributed by atoms with E-state index in [2.05, 4.69) is 4.98 Å². The van der Waals surface area contributed by atoms with Crippen LogP contribution < -0.4 is 10.5 Å². The Labute approximate surface area is 105 Å². The third kappa shape index (κ3) is 2.57. The van der Waals surface area contributed by atoms with E-state index in [9.17, 15) is 18.9 Å². The fourth-order valence-corrected chi connectivity index (χ4v) is 1.34. The Morgan fingerprint density at radius 1 is 1.26 bits per heavy atom. The molecule has 2 rings (SSSR count). The molecule has 2 aromatic rings. The number of halogens is 2. The maximum atomic E-state index is 13.6. The van der Waals surface area contributed by atoms with Gasteiger partial charge in [-0.05, 0) is 0 Å². The number of nitro benzene ring substituents is 1. The number of anilines is 1. The molecule has 2 N–H and O–H groups in total. The minimum Gasteiger partial charge on any atom is -0.452 e. The van der Waals surface area contributed by atoms with E-state index in [-0.39, 0.29) is 11.4 Å². The molecule has 0 atom stereocenters. The van der Waals surface area contributed by atoms with E-state index >= 15 is 0 Å². The summed E-state index contributed by atoms with van der Waals surface area (Å²) >= 11 is 0. The first kappa shape index (κ1) is 12.7. The second kappa shape index (κ2) is 4.84. The van der Waals surface area contributed by atoms with Gasteiger partial charge < -0.3 is 10.5 Å². The molecule has 0 aliphatic heterocycles.